The molecule has 1 aromatic heterocycles. The van der Waals surface area contributed by atoms with Crippen LogP contribution in [-0.4, -0.2) is 30.6 Å². The second-order valence-electron chi connectivity index (χ2n) is 6.34. The maximum absolute atomic E-state index is 12.9. The molecule has 0 bridgehead atoms. The molecular formula is C20H20FN3O4S. The molecule has 1 aliphatic carbocycles. The fourth-order valence-corrected chi connectivity index (χ4v) is 4.27. The summed E-state index contributed by atoms with van der Waals surface area (Å²) in [5.74, 6) is -2.81. The zero-order valence-corrected chi connectivity index (χ0v) is 16.6. The Morgan fingerprint density at radius 1 is 1.17 bits per heavy atom. The zero-order chi connectivity index (χ0) is 20.8. The molecule has 0 radical (unpaired) electrons. The van der Waals surface area contributed by atoms with Crippen molar-refractivity contribution in [3.05, 3.63) is 51.7 Å². The van der Waals surface area contributed by atoms with Crippen LogP contribution in [0, 0.1) is 5.82 Å². The Morgan fingerprint density at radius 3 is 2.62 bits per heavy atom. The SMILES string of the molecule is CCOC(=O)c1c(NC(=O)C(=O)N/N=C\c2ccc(F)cc2)sc2c1CCCC2. The molecule has 1 aromatic carbocycles. The number of hydrazone groups is 1. The molecule has 2 N–H and O–H groups in total. The molecule has 2 aromatic rings. The Bertz CT molecular complexity index is 953. The van der Waals surface area contributed by atoms with E-state index < -0.39 is 17.8 Å². The third kappa shape index (κ3) is 5.05. The van der Waals surface area contributed by atoms with Crippen LogP contribution in [0.25, 0.3) is 0 Å². The van der Waals surface area contributed by atoms with Crippen molar-refractivity contribution in [2.75, 3.05) is 11.9 Å². The van der Waals surface area contributed by atoms with Crippen LogP contribution in [0.2, 0.25) is 0 Å². The highest BCUT2D eigenvalue weighted by molar-refractivity contribution is 7.17. The molecule has 7 nitrogen and oxygen atoms in total. The number of fused-ring (bicyclic) bond motifs is 1. The van der Waals surface area contributed by atoms with E-state index in [0.717, 1.165) is 36.1 Å². The molecule has 29 heavy (non-hydrogen) atoms. The standard InChI is InChI=1S/C20H20FN3O4S/c1-2-28-20(27)16-14-5-3-4-6-15(14)29-19(16)23-17(25)18(26)24-22-11-12-7-9-13(21)10-8-12/h7-11H,2-6H2,1H3,(H,23,25)(H,24,26)/b22-11-. The summed E-state index contributed by atoms with van der Waals surface area (Å²) in [6, 6.07) is 5.47. The molecule has 0 saturated heterocycles. The maximum atomic E-state index is 12.9. The lowest BCUT2D eigenvalue weighted by molar-refractivity contribution is -0.136. The van der Waals surface area contributed by atoms with Crippen molar-refractivity contribution in [1.82, 2.24) is 5.43 Å². The van der Waals surface area contributed by atoms with Gasteiger partial charge in [-0.05, 0) is 55.9 Å². The van der Waals surface area contributed by atoms with E-state index in [1.165, 1.54) is 41.8 Å². The average molecular weight is 417 g/mol. The maximum Gasteiger partial charge on any atom is 0.341 e. The molecule has 0 saturated carbocycles. The number of amides is 2. The molecule has 0 atom stereocenters. The third-order valence-electron chi connectivity index (χ3n) is 4.33. The fourth-order valence-electron chi connectivity index (χ4n) is 3.00. The molecule has 1 heterocycles. The molecule has 2 amide bonds. The van der Waals surface area contributed by atoms with Crippen LogP contribution in [0.15, 0.2) is 29.4 Å². The number of nitrogens with zero attached hydrogens (tertiary/aromatic N) is 1. The highest BCUT2D eigenvalue weighted by Crippen LogP contribution is 2.38. The van der Waals surface area contributed by atoms with Gasteiger partial charge in [-0.2, -0.15) is 5.10 Å². The van der Waals surface area contributed by atoms with E-state index in [9.17, 15) is 18.8 Å². The number of carbonyl (C=O) groups excluding carboxylic acids is 3. The lowest BCUT2D eigenvalue weighted by Crippen LogP contribution is -2.32. The molecule has 0 spiro atoms. The van der Waals surface area contributed by atoms with Gasteiger partial charge in [0, 0.05) is 4.88 Å². The zero-order valence-electron chi connectivity index (χ0n) is 15.8. The summed E-state index contributed by atoms with van der Waals surface area (Å²) >= 11 is 1.30. The Balaban J connectivity index is 1.69. The van der Waals surface area contributed by atoms with Gasteiger partial charge in [0.25, 0.3) is 0 Å². The van der Waals surface area contributed by atoms with Crippen molar-refractivity contribution in [1.29, 1.82) is 0 Å². The number of nitrogens with one attached hydrogen (secondary N) is 2. The van der Waals surface area contributed by atoms with Gasteiger partial charge in [-0.3, -0.25) is 9.59 Å². The summed E-state index contributed by atoms with van der Waals surface area (Å²) in [5.41, 5.74) is 3.90. The largest absolute Gasteiger partial charge is 0.462 e. The lowest BCUT2D eigenvalue weighted by atomic mass is 9.95. The minimum Gasteiger partial charge on any atom is -0.462 e. The van der Waals surface area contributed by atoms with Crippen molar-refractivity contribution < 1.29 is 23.5 Å². The van der Waals surface area contributed by atoms with E-state index in [-0.39, 0.29) is 12.4 Å². The first-order chi connectivity index (χ1) is 14.0. The van der Waals surface area contributed by atoms with Crippen molar-refractivity contribution in [3.63, 3.8) is 0 Å². The molecule has 0 unspecified atom stereocenters. The van der Waals surface area contributed by atoms with E-state index in [1.54, 1.807) is 6.92 Å². The Labute approximate surface area is 171 Å². The van der Waals surface area contributed by atoms with Gasteiger partial charge < -0.3 is 10.1 Å². The summed E-state index contributed by atoms with van der Waals surface area (Å²) in [6.45, 7) is 1.93. The number of hydrogen-bond donors (Lipinski definition) is 2. The van der Waals surface area contributed by atoms with Gasteiger partial charge in [-0.25, -0.2) is 14.6 Å². The number of esters is 1. The molecular weight excluding hydrogens is 397 g/mol. The van der Waals surface area contributed by atoms with Gasteiger partial charge in [0.15, 0.2) is 0 Å². The third-order valence-corrected chi connectivity index (χ3v) is 5.54. The summed E-state index contributed by atoms with van der Waals surface area (Å²) < 4.78 is 18.0. The van der Waals surface area contributed by atoms with Gasteiger partial charge in [-0.1, -0.05) is 12.1 Å². The van der Waals surface area contributed by atoms with Crippen molar-refractivity contribution in [2.24, 2.45) is 5.10 Å². The van der Waals surface area contributed by atoms with E-state index in [4.69, 9.17) is 4.74 Å². The highest BCUT2D eigenvalue weighted by Gasteiger charge is 2.28. The number of anilines is 1. The molecule has 0 fully saturated rings. The molecule has 152 valence electrons. The second kappa shape index (κ2) is 9.42. The van der Waals surface area contributed by atoms with Gasteiger partial charge in [-0.15, -0.1) is 11.3 Å². The molecule has 1 aliphatic rings. The molecule has 9 heteroatoms. The van der Waals surface area contributed by atoms with Gasteiger partial charge in [0.05, 0.1) is 18.4 Å². The number of halogens is 1. The number of aryl methyl sites for hydroxylation is 1. The van der Waals surface area contributed by atoms with Crippen LogP contribution < -0.4 is 10.7 Å². The Hall–Kier alpha value is -3.07. The van der Waals surface area contributed by atoms with E-state index in [1.807, 2.05) is 0 Å². The molecule has 3 rings (SSSR count). The quantitative estimate of drug-likeness (QED) is 0.338. The first kappa shape index (κ1) is 20.7. The van der Waals surface area contributed by atoms with Gasteiger partial charge >= 0.3 is 17.8 Å². The smallest absolute Gasteiger partial charge is 0.341 e. The Kier molecular flexibility index (Phi) is 6.71. The minimum atomic E-state index is -0.982. The van der Waals surface area contributed by atoms with Crippen LogP contribution in [-0.2, 0) is 27.2 Å². The van der Waals surface area contributed by atoms with Crippen molar-refractivity contribution in [3.8, 4) is 0 Å². The minimum absolute atomic E-state index is 0.218. The number of benzene rings is 1. The van der Waals surface area contributed by atoms with Gasteiger partial charge in [0.1, 0.15) is 10.8 Å². The van der Waals surface area contributed by atoms with Crippen molar-refractivity contribution in [2.45, 2.75) is 32.6 Å². The normalized spacial score (nSPS) is 13.0. The number of hydrogen-bond acceptors (Lipinski definition) is 6. The van der Waals surface area contributed by atoms with Crippen LogP contribution in [0.1, 0.15) is 46.1 Å². The lowest BCUT2D eigenvalue weighted by Gasteiger charge is -2.12. The predicted octanol–water partition coefficient (Wildman–Crippen LogP) is 3.03. The van der Waals surface area contributed by atoms with Crippen LogP contribution in [0.4, 0.5) is 9.39 Å². The predicted molar refractivity (Wildman–Crippen MR) is 108 cm³/mol. The Morgan fingerprint density at radius 2 is 1.90 bits per heavy atom. The monoisotopic (exact) mass is 417 g/mol. The molecule has 0 aliphatic heterocycles. The summed E-state index contributed by atoms with van der Waals surface area (Å²) in [4.78, 5) is 37.7. The average Bonchev–Trinajstić information content (AvgIpc) is 3.07. The first-order valence-electron chi connectivity index (χ1n) is 9.21. The fraction of sp³-hybridized carbons (Fsp3) is 0.300. The summed E-state index contributed by atoms with van der Waals surface area (Å²) in [5, 5.41) is 6.51. The van der Waals surface area contributed by atoms with Crippen LogP contribution in [0.5, 0.6) is 0 Å². The number of rotatable bonds is 5. The first-order valence-corrected chi connectivity index (χ1v) is 10.0. The second-order valence-corrected chi connectivity index (χ2v) is 7.45. The topological polar surface area (TPSA) is 96.9 Å². The highest BCUT2D eigenvalue weighted by atomic mass is 32.1. The number of ether oxygens (including phenoxy) is 1. The number of carbonyl (C=O) groups is 3. The van der Waals surface area contributed by atoms with Crippen molar-refractivity contribution >= 4 is 40.3 Å². The van der Waals surface area contributed by atoms with E-state index >= 15 is 0 Å². The van der Waals surface area contributed by atoms with Gasteiger partial charge in [0.2, 0.25) is 0 Å². The van der Waals surface area contributed by atoms with E-state index in [0.29, 0.717) is 16.1 Å². The summed E-state index contributed by atoms with van der Waals surface area (Å²) in [6.07, 6.45) is 4.84. The van der Waals surface area contributed by atoms with E-state index in [2.05, 4.69) is 15.8 Å². The van der Waals surface area contributed by atoms with Crippen LogP contribution in [0.3, 0.4) is 0 Å². The number of thiophene rings is 1. The van der Waals surface area contributed by atoms with Crippen LogP contribution >= 0.6 is 11.3 Å². The summed E-state index contributed by atoms with van der Waals surface area (Å²) in [7, 11) is 0.